The summed E-state index contributed by atoms with van der Waals surface area (Å²) < 4.78 is 36.7. The molecule has 5 aliphatic heterocycles. The number of ether oxygens (including phenoxy) is 7. The second-order valence-corrected chi connectivity index (χ2v) is 20.7. The van der Waals surface area contributed by atoms with Gasteiger partial charge >= 0.3 is 58.6 Å². The summed E-state index contributed by atoms with van der Waals surface area (Å²) in [6.45, 7) is 15.6. The molecule has 0 aromatic carbocycles. The van der Waals surface area contributed by atoms with Crippen LogP contribution in [-0.2, 0) is 116 Å². The average molecular weight is 1140 g/mol. The molecule has 20 heteroatoms. The molecule has 0 saturated carbocycles. The fourth-order valence-electron chi connectivity index (χ4n) is 12.2. The molecule has 5 heterocycles. The topological polar surface area (TPSA) is 235 Å². The van der Waals surface area contributed by atoms with E-state index in [9.17, 15) is 33.6 Å². The summed E-state index contributed by atoms with van der Waals surface area (Å²) in [5.41, 5.74) is -0.993. The zero-order valence-corrected chi connectivity index (χ0v) is 49.5. The Morgan fingerprint density at radius 3 is 1.55 bits per heavy atom. The van der Waals surface area contributed by atoms with E-state index in [2.05, 4.69) is 0 Å². The molecule has 8 bridgehead atoms. The normalized spacial score (nSPS) is 32.1. The van der Waals surface area contributed by atoms with Crippen LogP contribution in [0.4, 0.5) is 0 Å². The Morgan fingerprint density at radius 2 is 1.04 bits per heavy atom. The summed E-state index contributed by atoms with van der Waals surface area (Å²) in [6.07, 6.45) is 2.21. The van der Waals surface area contributed by atoms with Gasteiger partial charge in [-0.05, 0) is 68.1 Å². The molecule has 1 fully saturated rings. The minimum absolute atomic E-state index is 0. The van der Waals surface area contributed by atoms with Crippen LogP contribution in [0.1, 0.15) is 126 Å². The summed E-state index contributed by atoms with van der Waals surface area (Å²) in [6, 6.07) is -0.898. The van der Waals surface area contributed by atoms with Crippen molar-refractivity contribution in [3.63, 3.8) is 0 Å². The van der Waals surface area contributed by atoms with Gasteiger partial charge < -0.3 is 45.9 Å². The maximum absolute atomic E-state index is 14.0. The van der Waals surface area contributed by atoms with Crippen molar-refractivity contribution in [2.45, 2.75) is 138 Å². The minimum Gasteiger partial charge on any atom is -0.680 e. The van der Waals surface area contributed by atoms with Gasteiger partial charge in [-0.25, -0.2) is 0 Å². The summed E-state index contributed by atoms with van der Waals surface area (Å²) in [4.78, 5) is 110. The van der Waals surface area contributed by atoms with Gasteiger partial charge in [-0.2, -0.15) is 5.70 Å². The molecule has 5 aliphatic rings. The van der Waals surface area contributed by atoms with Gasteiger partial charge in [-0.3, -0.25) is 48.5 Å². The van der Waals surface area contributed by atoms with E-state index >= 15 is 0 Å². The Kier molecular flexibility index (Phi) is 22.9. The number of fused-ring (bicyclic) bond motifs is 6. The van der Waals surface area contributed by atoms with E-state index in [1.807, 2.05) is 61.5 Å². The van der Waals surface area contributed by atoms with Crippen LogP contribution >= 0.6 is 0 Å². The van der Waals surface area contributed by atoms with Crippen LogP contribution in [0.3, 0.4) is 0 Å². The first kappa shape index (κ1) is 65.0. The zero-order valence-electron chi connectivity index (χ0n) is 45.7. The first-order chi connectivity index (χ1) is 32.8. The molecule has 1 unspecified atom stereocenters. The second-order valence-electron chi connectivity index (χ2n) is 20.7. The molecular weight excluding hydrogens is 1060 g/mol. The number of aliphatic imine (C=N–C) groups is 3. The first-order valence-corrected chi connectivity index (χ1v) is 23.9. The van der Waals surface area contributed by atoms with Gasteiger partial charge in [0, 0.05) is 127 Å². The van der Waals surface area contributed by atoms with E-state index in [0.717, 1.165) is 0 Å². The molecule has 0 spiro atoms. The predicted octanol–water partition coefficient (Wildman–Crippen LogP) is 7.77. The van der Waals surface area contributed by atoms with Crippen LogP contribution < -0.4 is 0 Å². The van der Waals surface area contributed by atoms with Gasteiger partial charge in [0.1, 0.15) is 0 Å². The molecule has 5 rings (SSSR count). The fraction of sp³-hybridized carbons (Fsp3) is 0.679. The van der Waals surface area contributed by atoms with Crippen LogP contribution in [0, 0.1) is 52.8 Å². The maximum Gasteiger partial charge on any atom is 2.00 e. The Morgan fingerprint density at radius 1 is 0.575 bits per heavy atom. The largest absolute Gasteiger partial charge is 2.00 e. The summed E-state index contributed by atoms with van der Waals surface area (Å²) in [5, 5.41) is 5.72. The Labute approximate surface area is 466 Å². The number of hydrogen-bond donors (Lipinski definition) is 0. The average Bonchev–Trinajstić information content (AvgIpc) is 3.95. The summed E-state index contributed by atoms with van der Waals surface area (Å²) >= 11 is 0. The molecule has 18 nitrogen and oxygen atoms in total. The number of carbonyl (C=O) groups is 7. The second kappa shape index (κ2) is 25.6. The molecule has 0 aromatic heterocycles. The van der Waals surface area contributed by atoms with Gasteiger partial charge in [-0.1, -0.05) is 47.1 Å². The van der Waals surface area contributed by atoms with Gasteiger partial charge in [-0.15, -0.1) is 0 Å². The van der Waals surface area contributed by atoms with Crippen molar-refractivity contribution in [2.24, 2.45) is 60.3 Å². The molecular formula is C53H76CoN4O14Y. The van der Waals surface area contributed by atoms with Gasteiger partial charge in [0.15, 0.2) is 0 Å². The number of esters is 7. The Balaban J connectivity index is 0.00000608. The first-order valence-electron chi connectivity index (χ1n) is 23.9. The van der Waals surface area contributed by atoms with E-state index in [1.54, 1.807) is 0 Å². The van der Waals surface area contributed by atoms with E-state index in [1.165, 1.54) is 49.8 Å². The molecule has 404 valence electrons. The molecule has 0 aliphatic carbocycles. The standard InChI is InChI=1S/C52H73N4O14.CH3.Co.Y/c1-28-43-31(17-20-37(58)65-10)48(3,4)35(54-43)25-34-30(16-19-36(57)64-9)50(6,26-41(62)69-14)46(53-34)29(2)44-32(18-21-38(59)66-11)51(7,27-42(63)70-15)52(8,56-44)47-33(24-40(61)68-13)49(5,45(28)55-47)23-22-39(60)67-12;;;/h25,30-33,47H,16-24,26-27H2,1-15H3;1H3;;/q2*-1;+2;/t30-,31-,32-,33+,47?,49-,50+,51+,52+;;;/m1.../s1. The number of carbonyl (C=O) groups excluding carboxylic acids is 7. The third kappa shape index (κ3) is 12.3. The van der Waals surface area contributed by atoms with Crippen molar-refractivity contribution in [1.29, 1.82) is 0 Å². The number of nitrogens with zero attached hydrogens (tertiary/aromatic N) is 4. The van der Waals surface area contributed by atoms with E-state index < -0.39 is 98.7 Å². The predicted molar refractivity (Wildman–Crippen MR) is 265 cm³/mol. The number of hydrogen-bond acceptors (Lipinski definition) is 17. The number of rotatable bonds is 18. The monoisotopic (exact) mass is 1140 g/mol. The van der Waals surface area contributed by atoms with Crippen LogP contribution in [-0.4, -0.2) is 120 Å². The third-order valence-corrected chi connectivity index (χ3v) is 16.7. The van der Waals surface area contributed by atoms with E-state index in [-0.39, 0.29) is 121 Å². The smallest absolute Gasteiger partial charge is 0.680 e. The van der Waals surface area contributed by atoms with Crippen molar-refractivity contribution < 1.29 is 116 Å². The quantitative estimate of drug-likeness (QED) is 0.0725. The van der Waals surface area contributed by atoms with Crippen molar-refractivity contribution >= 4 is 58.9 Å². The Bertz CT molecular complexity index is 2360. The molecule has 0 N–H and O–H groups in total. The van der Waals surface area contributed by atoms with Crippen LogP contribution in [0.2, 0.25) is 0 Å². The van der Waals surface area contributed by atoms with E-state index in [4.69, 9.17) is 53.5 Å². The summed E-state index contributed by atoms with van der Waals surface area (Å²) in [7, 11) is 9.17. The van der Waals surface area contributed by atoms with Crippen molar-refractivity contribution in [3.05, 3.63) is 47.1 Å². The molecule has 73 heavy (non-hydrogen) atoms. The zero-order chi connectivity index (χ0) is 52.3. The van der Waals surface area contributed by atoms with Crippen molar-refractivity contribution in [3.8, 4) is 0 Å². The van der Waals surface area contributed by atoms with E-state index in [0.29, 0.717) is 51.8 Å². The SMILES string of the molecule is COC(=O)CC[C@@H]1/C2=C(\C)C3=NC([C@H](CC(=O)OC)[C@@]3(C)CCC(=O)OC)[C@]3(C)[N-]/C(=C(/C)C4=N/C(=C\C(=N2)C1(C)C)[C@@H](CCC(=O)OC)[C@]4(C)CC(=O)OC)[C@@H](CCC(=O)OC)[C@]3(C)CC(=O)OC.[CH3-].[Co+2].[Y]. The van der Waals surface area contributed by atoms with Gasteiger partial charge in [0.05, 0.1) is 69.0 Å². The third-order valence-electron chi connectivity index (χ3n) is 16.7. The fourth-order valence-corrected chi connectivity index (χ4v) is 12.2. The van der Waals surface area contributed by atoms with Crippen molar-refractivity contribution in [2.75, 3.05) is 49.8 Å². The molecule has 2 radical (unpaired) electrons. The molecule has 9 atom stereocenters. The van der Waals surface area contributed by atoms with Gasteiger partial charge in [0.25, 0.3) is 0 Å². The molecule has 1 saturated heterocycles. The van der Waals surface area contributed by atoms with Crippen molar-refractivity contribution in [1.82, 2.24) is 0 Å². The Hall–Kier alpha value is -4.07. The van der Waals surface area contributed by atoms with Crippen LogP contribution in [0.5, 0.6) is 0 Å². The maximum atomic E-state index is 14.0. The van der Waals surface area contributed by atoms with Crippen LogP contribution in [0.25, 0.3) is 5.32 Å². The summed E-state index contributed by atoms with van der Waals surface area (Å²) in [5.74, 6) is -5.83. The molecule has 0 aromatic rings. The number of methoxy groups -OCH3 is 7. The van der Waals surface area contributed by atoms with Gasteiger partial charge in [0.2, 0.25) is 0 Å². The number of allylic oxidation sites excluding steroid dienone is 6. The minimum atomic E-state index is -1.38. The van der Waals surface area contributed by atoms with Crippen LogP contribution in [0.15, 0.2) is 49.3 Å². The molecule has 0 amide bonds.